The number of hydrogen-bond acceptors (Lipinski definition) is 3. The van der Waals surface area contributed by atoms with E-state index in [0.717, 1.165) is 45.5 Å². The van der Waals surface area contributed by atoms with Crippen molar-refractivity contribution >= 4 is 33.9 Å². The standard InChI is InChI=1S/C29H31N3O2S/c1-5-22-8-6-7-9-26(22)31-29(35)32(17-21-10-12-24(34-4)13-11-21)18-23-16-25-20(3)14-19(2)15-27(25)30-28(23)33/h6-16H,5,17-18H2,1-4H3,(H,30,33)(H,31,35). The summed E-state index contributed by atoms with van der Waals surface area (Å²) in [4.78, 5) is 18.1. The van der Waals surface area contributed by atoms with Crippen LogP contribution in [0.3, 0.4) is 0 Å². The van der Waals surface area contributed by atoms with Crippen molar-refractivity contribution in [1.29, 1.82) is 0 Å². The van der Waals surface area contributed by atoms with E-state index in [0.29, 0.717) is 23.8 Å². The highest BCUT2D eigenvalue weighted by Gasteiger charge is 2.16. The number of H-pyrrole nitrogens is 1. The summed E-state index contributed by atoms with van der Waals surface area (Å²) in [5, 5.41) is 5.04. The summed E-state index contributed by atoms with van der Waals surface area (Å²) in [7, 11) is 1.65. The molecule has 4 rings (SSSR count). The predicted molar refractivity (Wildman–Crippen MR) is 148 cm³/mol. The van der Waals surface area contributed by atoms with Crippen molar-refractivity contribution in [3.8, 4) is 5.75 Å². The van der Waals surface area contributed by atoms with Gasteiger partial charge in [-0.25, -0.2) is 0 Å². The highest BCUT2D eigenvalue weighted by Crippen LogP contribution is 2.21. The summed E-state index contributed by atoms with van der Waals surface area (Å²) >= 11 is 5.87. The van der Waals surface area contributed by atoms with Crippen molar-refractivity contribution in [3.63, 3.8) is 0 Å². The average molecular weight is 486 g/mol. The van der Waals surface area contributed by atoms with Crippen LogP contribution >= 0.6 is 12.2 Å². The number of rotatable bonds is 7. The van der Waals surface area contributed by atoms with Crippen LogP contribution < -0.4 is 15.6 Å². The van der Waals surface area contributed by atoms with Crippen LogP contribution in [0.1, 0.15) is 34.7 Å². The molecule has 0 atom stereocenters. The third-order valence-electron chi connectivity index (χ3n) is 6.21. The molecule has 3 aromatic carbocycles. The first kappa shape index (κ1) is 24.5. The molecular weight excluding hydrogens is 454 g/mol. The van der Waals surface area contributed by atoms with Gasteiger partial charge in [-0.2, -0.15) is 0 Å². The predicted octanol–water partition coefficient (Wildman–Crippen LogP) is 6.12. The van der Waals surface area contributed by atoms with E-state index >= 15 is 0 Å². The molecule has 0 aliphatic heterocycles. The van der Waals surface area contributed by atoms with E-state index in [9.17, 15) is 4.79 Å². The largest absolute Gasteiger partial charge is 0.497 e. The Morgan fingerprint density at radius 3 is 2.46 bits per heavy atom. The Kier molecular flexibility index (Phi) is 7.51. The van der Waals surface area contributed by atoms with E-state index in [4.69, 9.17) is 17.0 Å². The van der Waals surface area contributed by atoms with E-state index in [1.54, 1.807) is 7.11 Å². The number of anilines is 1. The molecule has 4 aromatic rings. The molecule has 180 valence electrons. The molecule has 35 heavy (non-hydrogen) atoms. The van der Waals surface area contributed by atoms with Gasteiger partial charge in [-0.1, -0.05) is 43.3 Å². The number of thiocarbonyl (C=S) groups is 1. The third kappa shape index (κ3) is 5.72. The molecule has 0 aliphatic carbocycles. The van der Waals surface area contributed by atoms with E-state index < -0.39 is 0 Å². The van der Waals surface area contributed by atoms with Gasteiger partial charge < -0.3 is 19.9 Å². The van der Waals surface area contributed by atoms with Gasteiger partial charge in [-0.05, 0) is 85.1 Å². The number of aryl methyl sites for hydroxylation is 3. The molecule has 0 radical (unpaired) electrons. The van der Waals surface area contributed by atoms with Crippen molar-refractivity contribution < 1.29 is 4.74 Å². The monoisotopic (exact) mass is 485 g/mol. The second kappa shape index (κ2) is 10.7. The Labute approximate surface area is 211 Å². The molecule has 1 heterocycles. The molecule has 1 aromatic heterocycles. The molecule has 0 amide bonds. The summed E-state index contributed by atoms with van der Waals surface area (Å²) in [5.41, 5.74) is 6.94. The number of aromatic nitrogens is 1. The van der Waals surface area contributed by atoms with Gasteiger partial charge in [0.25, 0.3) is 5.56 Å². The maximum Gasteiger partial charge on any atom is 0.253 e. The number of fused-ring (bicyclic) bond motifs is 1. The van der Waals surface area contributed by atoms with Gasteiger partial charge in [0.1, 0.15) is 5.75 Å². The van der Waals surface area contributed by atoms with Crippen LogP contribution in [0.5, 0.6) is 5.75 Å². The minimum absolute atomic E-state index is 0.0982. The van der Waals surface area contributed by atoms with Gasteiger partial charge >= 0.3 is 0 Å². The molecule has 0 saturated carbocycles. The zero-order valence-electron chi connectivity index (χ0n) is 20.6. The van der Waals surface area contributed by atoms with Gasteiger partial charge in [0, 0.05) is 28.7 Å². The number of benzene rings is 3. The number of para-hydroxylation sites is 1. The number of pyridine rings is 1. The Hall–Kier alpha value is -3.64. The second-order valence-corrected chi connectivity index (χ2v) is 9.20. The molecular formula is C29H31N3O2S. The molecule has 0 unspecified atom stereocenters. The summed E-state index contributed by atoms with van der Waals surface area (Å²) in [6, 6.07) is 22.2. The van der Waals surface area contributed by atoms with Crippen LogP contribution in [0, 0.1) is 13.8 Å². The molecule has 0 spiro atoms. The summed E-state index contributed by atoms with van der Waals surface area (Å²) in [6.07, 6.45) is 0.896. The lowest BCUT2D eigenvalue weighted by Crippen LogP contribution is -2.35. The maximum absolute atomic E-state index is 13.0. The number of hydrogen-bond donors (Lipinski definition) is 2. The smallest absolute Gasteiger partial charge is 0.253 e. The summed E-state index contributed by atoms with van der Waals surface area (Å²) in [6.45, 7) is 7.16. The molecule has 6 heteroatoms. The van der Waals surface area contributed by atoms with Gasteiger partial charge in [0.15, 0.2) is 5.11 Å². The van der Waals surface area contributed by atoms with E-state index in [-0.39, 0.29) is 5.56 Å². The van der Waals surface area contributed by atoms with E-state index in [2.05, 4.69) is 36.3 Å². The molecule has 2 N–H and O–H groups in total. The average Bonchev–Trinajstić information content (AvgIpc) is 2.85. The number of ether oxygens (including phenoxy) is 1. The Balaban J connectivity index is 1.68. The van der Waals surface area contributed by atoms with Crippen LogP contribution in [0.25, 0.3) is 10.9 Å². The molecule has 0 bridgehead atoms. The van der Waals surface area contributed by atoms with Crippen LogP contribution in [0.4, 0.5) is 5.69 Å². The zero-order valence-corrected chi connectivity index (χ0v) is 21.5. The van der Waals surface area contributed by atoms with Crippen molar-refractivity contribution in [2.45, 2.75) is 40.3 Å². The number of nitrogens with zero attached hydrogens (tertiary/aromatic N) is 1. The molecule has 5 nitrogen and oxygen atoms in total. The highest BCUT2D eigenvalue weighted by atomic mass is 32.1. The van der Waals surface area contributed by atoms with Crippen molar-refractivity contribution in [3.05, 3.63) is 105 Å². The normalized spacial score (nSPS) is 10.9. The second-order valence-electron chi connectivity index (χ2n) is 8.81. The highest BCUT2D eigenvalue weighted by molar-refractivity contribution is 7.80. The lowest BCUT2D eigenvalue weighted by Gasteiger charge is -2.27. The van der Waals surface area contributed by atoms with Crippen molar-refractivity contribution in [2.75, 3.05) is 12.4 Å². The Morgan fingerprint density at radius 1 is 1.00 bits per heavy atom. The maximum atomic E-state index is 13.0. The number of aromatic amines is 1. The van der Waals surface area contributed by atoms with E-state index in [1.165, 1.54) is 5.56 Å². The van der Waals surface area contributed by atoms with Crippen LogP contribution in [0.2, 0.25) is 0 Å². The number of nitrogens with one attached hydrogen (secondary N) is 2. The van der Waals surface area contributed by atoms with Gasteiger partial charge in [0.2, 0.25) is 0 Å². The quantitative estimate of drug-likeness (QED) is 0.309. The first-order valence-electron chi connectivity index (χ1n) is 11.8. The van der Waals surface area contributed by atoms with Crippen molar-refractivity contribution in [1.82, 2.24) is 9.88 Å². The minimum Gasteiger partial charge on any atom is -0.497 e. The summed E-state index contributed by atoms with van der Waals surface area (Å²) < 4.78 is 5.30. The SMILES string of the molecule is CCc1ccccc1NC(=S)N(Cc1ccc(OC)cc1)Cc1cc2c(C)cc(C)cc2[nH]c1=O. The lowest BCUT2D eigenvalue weighted by molar-refractivity contribution is 0.406. The third-order valence-corrected chi connectivity index (χ3v) is 6.57. The first-order chi connectivity index (χ1) is 16.9. The topological polar surface area (TPSA) is 57.4 Å². The van der Waals surface area contributed by atoms with Crippen LogP contribution in [0.15, 0.2) is 71.5 Å². The Morgan fingerprint density at radius 2 is 1.74 bits per heavy atom. The van der Waals surface area contributed by atoms with Crippen LogP contribution in [-0.2, 0) is 19.5 Å². The lowest BCUT2D eigenvalue weighted by atomic mass is 10.0. The molecule has 0 aliphatic rings. The zero-order chi connectivity index (χ0) is 24.9. The summed E-state index contributed by atoms with van der Waals surface area (Å²) in [5.74, 6) is 0.801. The van der Waals surface area contributed by atoms with Gasteiger partial charge in [-0.3, -0.25) is 4.79 Å². The fraction of sp³-hybridized carbons (Fsp3) is 0.241. The fourth-order valence-electron chi connectivity index (χ4n) is 4.33. The number of methoxy groups -OCH3 is 1. The fourth-order valence-corrected chi connectivity index (χ4v) is 4.57. The van der Waals surface area contributed by atoms with Crippen molar-refractivity contribution in [2.24, 2.45) is 0 Å². The molecule has 0 saturated heterocycles. The van der Waals surface area contributed by atoms with Gasteiger partial charge in [0.05, 0.1) is 13.7 Å². The van der Waals surface area contributed by atoms with Crippen LogP contribution in [-0.4, -0.2) is 22.1 Å². The minimum atomic E-state index is -0.0982. The van der Waals surface area contributed by atoms with Gasteiger partial charge in [-0.15, -0.1) is 0 Å². The van der Waals surface area contributed by atoms with E-state index in [1.807, 2.05) is 66.4 Å². The first-order valence-corrected chi connectivity index (χ1v) is 12.2. The molecule has 0 fully saturated rings. The Bertz CT molecular complexity index is 1410.